The molecular formula is C27H23FN4O10. The summed E-state index contributed by atoms with van der Waals surface area (Å²) in [4.78, 5) is 61.3. The Morgan fingerprint density at radius 1 is 1.17 bits per heavy atom. The van der Waals surface area contributed by atoms with Gasteiger partial charge in [-0.05, 0) is 48.9 Å². The van der Waals surface area contributed by atoms with Gasteiger partial charge in [0, 0.05) is 6.07 Å². The van der Waals surface area contributed by atoms with Crippen LogP contribution in [0, 0.1) is 15.9 Å². The van der Waals surface area contributed by atoms with Crippen LogP contribution in [0.15, 0.2) is 58.6 Å². The monoisotopic (exact) mass is 582 g/mol. The second-order valence-electron chi connectivity index (χ2n) is 8.51. The lowest BCUT2D eigenvalue weighted by Crippen LogP contribution is -2.30. The van der Waals surface area contributed by atoms with Gasteiger partial charge in [-0.1, -0.05) is 12.1 Å². The van der Waals surface area contributed by atoms with E-state index < -0.39 is 46.8 Å². The highest BCUT2D eigenvalue weighted by atomic mass is 19.1. The first kappa shape index (κ1) is 29.3. The molecule has 3 aromatic rings. The molecule has 0 aliphatic carbocycles. The molecule has 218 valence electrons. The van der Waals surface area contributed by atoms with E-state index in [2.05, 4.69) is 15.4 Å². The van der Waals surface area contributed by atoms with Crippen molar-refractivity contribution >= 4 is 41.3 Å². The van der Waals surface area contributed by atoms with Gasteiger partial charge in [0.1, 0.15) is 17.3 Å². The number of urea groups is 1. The van der Waals surface area contributed by atoms with Crippen molar-refractivity contribution in [2.45, 2.75) is 13.5 Å². The molecular weight excluding hydrogens is 559 g/mol. The van der Waals surface area contributed by atoms with E-state index in [0.29, 0.717) is 0 Å². The van der Waals surface area contributed by atoms with E-state index in [1.54, 1.807) is 6.92 Å². The van der Waals surface area contributed by atoms with Crippen LogP contribution in [-0.4, -0.2) is 54.0 Å². The summed E-state index contributed by atoms with van der Waals surface area (Å²) in [6.07, 6.45) is 1.20. The van der Waals surface area contributed by atoms with Crippen molar-refractivity contribution in [1.29, 1.82) is 0 Å². The fraction of sp³-hybridized carbons (Fsp3) is 0.185. The SMILES string of the molecule is CCOc1cc(/C=C2\NC(=O)N(Cc3ccc(C(=O)OC)o3)C2=O)cc([N+](=O)[O-])c1OCC(=O)Nc1ccccc1F. The number of amides is 4. The predicted octanol–water partition coefficient (Wildman–Crippen LogP) is 3.62. The third kappa shape index (κ3) is 6.52. The molecule has 2 aromatic carbocycles. The van der Waals surface area contributed by atoms with E-state index in [9.17, 15) is 33.7 Å². The molecule has 15 heteroatoms. The van der Waals surface area contributed by atoms with Crippen LogP contribution in [0.5, 0.6) is 11.5 Å². The summed E-state index contributed by atoms with van der Waals surface area (Å²) in [6, 6.07) is 9.78. The standard InChI is InChI=1S/C27H23FN4O10/c1-3-40-22-12-15(10-19-25(34)31(27(36)30-19)13-16-8-9-21(42-16)26(35)39-2)11-20(32(37)38)24(22)41-14-23(33)29-18-7-5-4-6-17(18)28/h4-12H,3,13-14H2,1-2H3,(H,29,33)(H,30,36)/b19-10-. The summed E-state index contributed by atoms with van der Waals surface area (Å²) in [7, 11) is 1.17. The van der Waals surface area contributed by atoms with Gasteiger partial charge in [-0.2, -0.15) is 0 Å². The number of hydrogen-bond acceptors (Lipinski definition) is 10. The highest BCUT2D eigenvalue weighted by molar-refractivity contribution is 6.14. The zero-order valence-corrected chi connectivity index (χ0v) is 22.2. The number of nitro groups is 1. The van der Waals surface area contributed by atoms with E-state index in [1.165, 1.54) is 49.6 Å². The number of para-hydroxylation sites is 1. The quantitative estimate of drug-likeness (QED) is 0.111. The Hall–Kier alpha value is -5.73. The second-order valence-corrected chi connectivity index (χ2v) is 8.51. The van der Waals surface area contributed by atoms with E-state index in [4.69, 9.17) is 13.9 Å². The number of ether oxygens (including phenoxy) is 3. The molecule has 2 N–H and O–H groups in total. The number of esters is 1. The summed E-state index contributed by atoms with van der Waals surface area (Å²) in [5.41, 5.74) is -0.786. The Morgan fingerprint density at radius 2 is 1.93 bits per heavy atom. The van der Waals surface area contributed by atoms with Gasteiger partial charge in [0.2, 0.25) is 11.5 Å². The van der Waals surface area contributed by atoms with Crippen molar-refractivity contribution in [1.82, 2.24) is 10.2 Å². The van der Waals surface area contributed by atoms with Gasteiger partial charge >= 0.3 is 17.7 Å². The Morgan fingerprint density at radius 3 is 2.62 bits per heavy atom. The highest BCUT2D eigenvalue weighted by Crippen LogP contribution is 2.39. The number of nitrogens with one attached hydrogen (secondary N) is 2. The summed E-state index contributed by atoms with van der Waals surface area (Å²) in [5, 5.41) is 16.6. The van der Waals surface area contributed by atoms with Gasteiger partial charge in [0.05, 0.1) is 30.9 Å². The lowest BCUT2D eigenvalue weighted by molar-refractivity contribution is -0.385. The summed E-state index contributed by atoms with van der Waals surface area (Å²) in [5.74, 6) is -3.41. The van der Waals surface area contributed by atoms with Crippen molar-refractivity contribution in [3.63, 3.8) is 0 Å². The third-order valence-electron chi connectivity index (χ3n) is 5.69. The van der Waals surface area contributed by atoms with E-state index in [0.717, 1.165) is 17.0 Å². The van der Waals surface area contributed by atoms with E-state index in [-0.39, 0.29) is 53.1 Å². The highest BCUT2D eigenvalue weighted by Gasteiger charge is 2.35. The fourth-order valence-corrected chi connectivity index (χ4v) is 3.83. The molecule has 4 amide bonds. The zero-order valence-electron chi connectivity index (χ0n) is 22.2. The van der Waals surface area contributed by atoms with Gasteiger partial charge in [-0.3, -0.25) is 24.6 Å². The van der Waals surface area contributed by atoms with E-state index >= 15 is 0 Å². The Kier molecular flexibility index (Phi) is 8.80. The van der Waals surface area contributed by atoms with Crippen LogP contribution in [-0.2, 0) is 20.9 Å². The number of rotatable bonds is 11. The molecule has 1 aliphatic heterocycles. The van der Waals surface area contributed by atoms with Crippen molar-refractivity contribution in [2.75, 3.05) is 25.6 Å². The van der Waals surface area contributed by atoms with Gasteiger partial charge in [0.25, 0.3) is 11.8 Å². The van der Waals surface area contributed by atoms with Gasteiger partial charge in [-0.25, -0.2) is 14.0 Å². The molecule has 1 fully saturated rings. The molecule has 1 aromatic heterocycles. The molecule has 0 unspecified atom stereocenters. The van der Waals surface area contributed by atoms with Gasteiger partial charge in [0.15, 0.2) is 12.4 Å². The molecule has 0 atom stereocenters. The topological polar surface area (TPSA) is 180 Å². The minimum atomic E-state index is -0.789. The molecule has 4 rings (SSSR count). The fourth-order valence-electron chi connectivity index (χ4n) is 3.83. The minimum Gasteiger partial charge on any atom is -0.490 e. The maximum atomic E-state index is 13.8. The first-order valence-corrected chi connectivity index (χ1v) is 12.2. The van der Waals surface area contributed by atoms with Gasteiger partial charge < -0.3 is 29.3 Å². The number of nitrogens with zero attached hydrogens (tertiary/aromatic N) is 2. The summed E-state index contributed by atoms with van der Waals surface area (Å²) >= 11 is 0. The van der Waals surface area contributed by atoms with Crippen LogP contribution in [0.1, 0.15) is 28.8 Å². The number of anilines is 1. The molecule has 1 aliphatic rings. The molecule has 0 saturated carbocycles. The Labute approximate surface area is 236 Å². The lowest BCUT2D eigenvalue weighted by Gasteiger charge is -2.13. The van der Waals surface area contributed by atoms with Crippen LogP contribution in [0.25, 0.3) is 6.08 Å². The van der Waals surface area contributed by atoms with Crippen LogP contribution >= 0.6 is 0 Å². The second kappa shape index (κ2) is 12.6. The number of hydrogen-bond donors (Lipinski definition) is 2. The Balaban J connectivity index is 1.55. The average molecular weight is 582 g/mol. The molecule has 42 heavy (non-hydrogen) atoms. The number of nitro benzene ring substituents is 1. The minimum absolute atomic E-state index is 0.0646. The van der Waals surface area contributed by atoms with Crippen molar-refractivity contribution in [3.05, 3.63) is 87.2 Å². The summed E-state index contributed by atoms with van der Waals surface area (Å²) < 4.78 is 34.6. The molecule has 0 spiro atoms. The zero-order chi connectivity index (χ0) is 30.4. The molecule has 0 radical (unpaired) electrons. The van der Waals surface area contributed by atoms with Crippen LogP contribution < -0.4 is 20.1 Å². The maximum Gasteiger partial charge on any atom is 0.373 e. The predicted molar refractivity (Wildman–Crippen MR) is 142 cm³/mol. The summed E-state index contributed by atoms with van der Waals surface area (Å²) in [6.45, 7) is 0.675. The molecule has 0 bridgehead atoms. The Bertz CT molecular complexity index is 1600. The maximum absolute atomic E-state index is 13.8. The largest absolute Gasteiger partial charge is 0.490 e. The van der Waals surface area contributed by atoms with Crippen molar-refractivity contribution in [2.24, 2.45) is 0 Å². The number of benzene rings is 2. The molecule has 14 nitrogen and oxygen atoms in total. The van der Waals surface area contributed by atoms with Crippen molar-refractivity contribution in [3.8, 4) is 11.5 Å². The lowest BCUT2D eigenvalue weighted by atomic mass is 10.1. The number of methoxy groups -OCH3 is 1. The molecule has 2 heterocycles. The van der Waals surface area contributed by atoms with Crippen LogP contribution in [0.2, 0.25) is 0 Å². The third-order valence-corrected chi connectivity index (χ3v) is 5.69. The van der Waals surface area contributed by atoms with Crippen molar-refractivity contribution < 1.29 is 47.1 Å². The van der Waals surface area contributed by atoms with E-state index in [1.807, 2.05) is 0 Å². The van der Waals surface area contributed by atoms with Crippen LogP contribution in [0.3, 0.4) is 0 Å². The number of imide groups is 1. The number of carbonyl (C=O) groups excluding carboxylic acids is 4. The average Bonchev–Trinajstić information content (AvgIpc) is 3.53. The number of halogens is 1. The number of furan rings is 1. The first-order valence-electron chi connectivity index (χ1n) is 12.2. The number of carbonyl (C=O) groups is 4. The molecule has 1 saturated heterocycles. The van der Waals surface area contributed by atoms with Crippen LogP contribution in [0.4, 0.5) is 20.6 Å². The normalized spacial score (nSPS) is 13.6. The smallest absolute Gasteiger partial charge is 0.373 e. The first-order chi connectivity index (χ1) is 20.1. The van der Waals surface area contributed by atoms with Gasteiger partial charge in [-0.15, -0.1) is 0 Å².